The van der Waals surface area contributed by atoms with Crippen molar-refractivity contribution in [2.24, 2.45) is 0 Å². The van der Waals surface area contributed by atoms with Crippen molar-refractivity contribution in [1.29, 1.82) is 0 Å². The average Bonchev–Trinajstić information content (AvgIpc) is 2.95. The Bertz CT molecular complexity index is 1150. The van der Waals surface area contributed by atoms with E-state index in [0.29, 0.717) is 43.3 Å². The quantitative estimate of drug-likeness (QED) is 0.276. The number of morpholine rings is 1. The summed E-state index contributed by atoms with van der Waals surface area (Å²) in [5, 5.41) is 30.8. The molecule has 3 N–H and O–H groups in total. The molecule has 1 amide bonds. The van der Waals surface area contributed by atoms with E-state index in [0.717, 1.165) is 25.7 Å². The fourth-order valence-electron chi connectivity index (χ4n) is 4.72. The fraction of sp³-hybridized carbons (Fsp3) is 0.517. The summed E-state index contributed by atoms with van der Waals surface area (Å²) in [6.45, 7) is 6.39. The van der Waals surface area contributed by atoms with Crippen molar-refractivity contribution in [1.82, 2.24) is 9.80 Å². The van der Waals surface area contributed by atoms with Crippen molar-refractivity contribution >= 4 is 11.7 Å². The third-order valence-electron chi connectivity index (χ3n) is 6.90. The standard InChI is InChI=1S/C29H40N2O9/c1-4-21-22(18-27(35)31(7-12-32)11-13-37-2)28(24(34)19-23(21)33)29(36)20-5-6-25(26(17-20)38-3)40-16-10-30-8-14-39-15-9-30/h5-6,17,19,32-34H,4,7-16,18H2,1-3H3. The van der Waals surface area contributed by atoms with Crippen LogP contribution in [-0.4, -0.2) is 117 Å². The smallest absolute Gasteiger partial charge is 0.227 e. The molecule has 0 bridgehead atoms. The molecule has 0 saturated carbocycles. The van der Waals surface area contributed by atoms with Crippen molar-refractivity contribution in [3.8, 4) is 23.0 Å². The van der Waals surface area contributed by atoms with Gasteiger partial charge in [-0.3, -0.25) is 14.5 Å². The Labute approximate surface area is 234 Å². The molecule has 11 heteroatoms. The van der Waals surface area contributed by atoms with Crippen LogP contribution in [0, 0.1) is 0 Å². The first-order chi connectivity index (χ1) is 19.3. The van der Waals surface area contributed by atoms with E-state index in [1.54, 1.807) is 19.1 Å². The van der Waals surface area contributed by atoms with Gasteiger partial charge < -0.3 is 39.2 Å². The third kappa shape index (κ3) is 7.85. The largest absolute Gasteiger partial charge is 0.508 e. The second-order valence-electron chi connectivity index (χ2n) is 9.37. The van der Waals surface area contributed by atoms with Crippen molar-refractivity contribution in [2.75, 3.05) is 80.0 Å². The number of phenols is 2. The summed E-state index contributed by atoms with van der Waals surface area (Å²) in [6, 6.07) is 5.88. The number of nitrogens with zero attached hydrogens (tertiary/aromatic N) is 2. The lowest BCUT2D eigenvalue weighted by molar-refractivity contribution is -0.131. The lowest BCUT2D eigenvalue weighted by atomic mass is 9.89. The number of ketones is 1. The molecule has 0 spiro atoms. The van der Waals surface area contributed by atoms with Gasteiger partial charge in [0.2, 0.25) is 5.91 Å². The Morgan fingerprint density at radius 3 is 2.40 bits per heavy atom. The predicted molar refractivity (Wildman–Crippen MR) is 148 cm³/mol. The lowest BCUT2D eigenvalue weighted by Gasteiger charge is -2.26. The van der Waals surface area contributed by atoms with E-state index in [1.165, 1.54) is 25.2 Å². The van der Waals surface area contributed by atoms with Crippen LogP contribution in [0.5, 0.6) is 23.0 Å². The molecule has 220 valence electrons. The van der Waals surface area contributed by atoms with Gasteiger partial charge in [0.1, 0.15) is 18.1 Å². The van der Waals surface area contributed by atoms with Crippen LogP contribution in [0.15, 0.2) is 24.3 Å². The highest BCUT2D eigenvalue weighted by Gasteiger charge is 2.27. The van der Waals surface area contributed by atoms with Crippen molar-refractivity contribution in [3.63, 3.8) is 0 Å². The van der Waals surface area contributed by atoms with E-state index in [2.05, 4.69) is 4.90 Å². The highest BCUT2D eigenvalue weighted by Crippen LogP contribution is 2.36. The number of rotatable bonds is 15. The molecule has 0 atom stereocenters. The average molecular weight is 561 g/mol. The second-order valence-corrected chi connectivity index (χ2v) is 9.37. The van der Waals surface area contributed by atoms with E-state index in [4.69, 9.17) is 18.9 Å². The zero-order chi connectivity index (χ0) is 29.1. The van der Waals surface area contributed by atoms with Crippen molar-refractivity contribution in [2.45, 2.75) is 19.8 Å². The molecule has 40 heavy (non-hydrogen) atoms. The zero-order valence-electron chi connectivity index (χ0n) is 23.5. The molecule has 0 radical (unpaired) electrons. The minimum absolute atomic E-state index is 0.0678. The first-order valence-corrected chi connectivity index (χ1v) is 13.4. The number of amides is 1. The molecule has 0 aliphatic carbocycles. The highest BCUT2D eigenvalue weighted by molar-refractivity contribution is 6.12. The Morgan fingerprint density at radius 2 is 1.75 bits per heavy atom. The third-order valence-corrected chi connectivity index (χ3v) is 6.90. The molecule has 11 nitrogen and oxygen atoms in total. The first-order valence-electron chi connectivity index (χ1n) is 13.4. The number of carbonyl (C=O) groups excluding carboxylic acids is 2. The summed E-state index contributed by atoms with van der Waals surface area (Å²) in [5.41, 5.74) is 0.780. The normalized spacial score (nSPS) is 13.7. The number of hydrogen-bond acceptors (Lipinski definition) is 10. The lowest BCUT2D eigenvalue weighted by Crippen LogP contribution is -2.38. The number of methoxy groups -OCH3 is 2. The molecule has 1 heterocycles. The molecule has 1 fully saturated rings. The zero-order valence-corrected chi connectivity index (χ0v) is 23.5. The summed E-state index contributed by atoms with van der Waals surface area (Å²) in [4.78, 5) is 30.6. The van der Waals surface area contributed by atoms with Gasteiger partial charge in [0.05, 0.1) is 45.5 Å². The summed E-state index contributed by atoms with van der Waals surface area (Å²) in [5.74, 6) is -0.706. The number of ether oxygens (including phenoxy) is 4. The second kappa shape index (κ2) is 15.4. The van der Waals surface area contributed by atoms with Crippen LogP contribution < -0.4 is 9.47 Å². The van der Waals surface area contributed by atoms with E-state index in [1.807, 2.05) is 0 Å². The molecule has 1 aliphatic heterocycles. The van der Waals surface area contributed by atoms with Crippen LogP contribution in [0.2, 0.25) is 0 Å². The van der Waals surface area contributed by atoms with Crippen LogP contribution in [0.3, 0.4) is 0 Å². The molecular weight excluding hydrogens is 520 g/mol. The van der Waals surface area contributed by atoms with Crippen LogP contribution in [-0.2, 0) is 27.1 Å². The number of aliphatic hydroxyl groups is 1. The van der Waals surface area contributed by atoms with Gasteiger partial charge in [0.15, 0.2) is 17.3 Å². The van der Waals surface area contributed by atoms with E-state index in [-0.39, 0.29) is 61.1 Å². The SMILES string of the molecule is CCc1c(O)cc(O)c(C(=O)c2ccc(OCCN3CCOCC3)c(OC)c2)c1CC(=O)N(CCO)CCOC. The topological polar surface area (TPSA) is 138 Å². The maximum absolute atomic E-state index is 13.8. The maximum Gasteiger partial charge on any atom is 0.227 e. The van der Waals surface area contributed by atoms with Crippen LogP contribution in [0.25, 0.3) is 0 Å². The highest BCUT2D eigenvalue weighted by atomic mass is 16.5. The summed E-state index contributed by atoms with van der Waals surface area (Å²) in [6.07, 6.45) is 0.0715. The summed E-state index contributed by atoms with van der Waals surface area (Å²) >= 11 is 0. The van der Waals surface area contributed by atoms with Gasteiger partial charge in [0.25, 0.3) is 0 Å². The minimum Gasteiger partial charge on any atom is -0.508 e. The van der Waals surface area contributed by atoms with Gasteiger partial charge >= 0.3 is 0 Å². The number of phenolic OH excluding ortho intramolecular Hbond substituents is 2. The Balaban J connectivity index is 1.89. The van der Waals surface area contributed by atoms with E-state index >= 15 is 0 Å². The Kier molecular flexibility index (Phi) is 12.0. The molecule has 2 aromatic carbocycles. The molecule has 0 aromatic heterocycles. The first kappa shape index (κ1) is 31.2. The van der Waals surface area contributed by atoms with Crippen molar-refractivity contribution < 1.29 is 43.9 Å². The molecule has 0 unspecified atom stereocenters. The molecule has 3 rings (SSSR count). The number of benzene rings is 2. The fourth-order valence-corrected chi connectivity index (χ4v) is 4.72. The summed E-state index contributed by atoms with van der Waals surface area (Å²) in [7, 11) is 2.99. The molecule has 1 saturated heterocycles. The van der Waals surface area contributed by atoms with Gasteiger partial charge in [-0.05, 0) is 35.7 Å². The molecule has 2 aromatic rings. The predicted octanol–water partition coefficient (Wildman–Crippen LogP) is 1.62. The van der Waals surface area contributed by atoms with Gasteiger partial charge in [-0.15, -0.1) is 0 Å². The van der Waals surface area contributed by atoms with E-state index in [9.17, 15) is 24.9 Å². The van der Waals surface area contributed by atoms with Crippen molar-refractivity contribution in [3.05, 3.63) is 46.5 Å². The minimum atomic E-state index is -0.529. The Hall–Kier alpha value is -3.38. The Morgan fingerprint density at radius 1 is 1.00 bits per heavy atom. The monoisotopic (exact) mass is 560 g/mol. The number of carbonyl (C=O) groups is 2. The van der Waals surface area contributed by atoms with E-state index < -0.39 is 11.5 Å². The molecule has 1 aliphatic rings. The number of aliphatic hydroxyl groups excluding tert-OH is 1. The summed E-state index contributed by atoms with van der Waals surface area (Å²) < 4.78 is 21.9. The van der Waals surface area contributed by atoms with Gasteiger partial charge in [-0.2, -0.15) is 0 Å². The van der Waals surface area contributed by atoms with Crippen LogP contribution in [0.1, 0.15) is 34.0 Å². The van der Waals surface area contributed by atoms with Gasteiger partial charge in [-0.1, -0.05) is 6.92 Å². The maximum atomic E-state index is 13.8. The van der Waals surface area contributed by atoms with Crippen LogP contribution >= 0.6 is 0 Å². The molecular formula is C29H40N2O9. The number of hydrogen-bond donors (Lipinski definition) is 3. The number of aromatic hydroxyl groups is 2. The van der Waals surface area contributed by atoms with Gasteiger partial charge in [0, 0.05) is 51.5 Å². The van der Waals surface area contributed by atoms with Gasteiger partial charge in [-0.25, -0.2) is 0 Å². The van der Waals surface area contributed by atoms with Crippen LogP contribution in [0.4, 0.5) is 0 Å².